The fraction of sp³-hybridized carbons (Fsp3) is 0.350. The third kappa shape index (κ3) is 6.37. The van der Waals surface area contributed by atoms with Crippen molar-refractivity contribution in [2.75, 3.05) is 40.7 Å². The summed E-state index contributed by atoms with van der Waals surface area (Å²) >= 11 is 0. The summed E-state index contributed by atoms with van der Waals surface area (Å²) in [6.07, 6.45) is 0.974. The van der Waals surface area contributed by atoms with Gasteiger partial charge in [-0.05, 0) is 29.8 Å². The first-order valence-electron chi connectivity index (χ1n) is 8.76. The van der Waals surface area contributed by atoms with Crippen LogP contribution in [0.25, 0.3) is 0 Å². The molecule has 0 aliphatic rings. The number of carbonyl (C=O) groups is 1. The molecular formula is C20H25NO7S. The summed E-state index contributed by atoms with van der Waals surface area (Å²) in [5.41, 5.74) is 1.00. The lowest BCUT2D eigenvalue weighted by molar-refractivity contribution is 0.0673. The van der Waals surface area contributed by atoms with E-state index < -0.39 is 10.1 Å². The molecule has 0 aromatic heterocycles. The maximum atomic E-state index is 13.3. The predicted molar refractivity (Wildman–Crippen MR) is 108 cm³/mol. The lowest BCUT2D eigenvalue weighted by atomic mass is 10.1. The van der Waals surface area contributed by atoms with Crippen LogP contribution in [0, 0.1) is 0 Å². The normalized spacial score (nSPS) is 11.0. The average Bonchev–Trinajstić information content (AvgIpc) is 2.68. The monoisotopic (exact) mass is 423 g/mol. The van der Waals surface area contributed by atoms with E-state index in [2.05, 4.69) is 0 Å². The number of amides is 1. The van der Waals surface area contributed by atoms with Crippen LogP contribution in [-0.4, -0.2) is 60.0 Å². The summed E-state index contributed by atoms with van der Waals surface area (Å²) in [6, 6.07) is 11.7. The van der Waals surface area contributed by atoms with Gasteiger partial charge in [0.25, 0.3) is 5.91 Å². The first-order chi connectivity index (χ1) is 13.8. The van der Waals surface area contributed by atoms with Crippen molar-refractivity contribution in [3.05, 3.63) is 53.6 Å². The summed E-state index contributed by atoms with van der Waals surface area (Å²) in [5, 5.41) is 0. The van der Waals surface area contributed by atoms with E-state index in [9.17, 15) is 13.2 Å². The highest BCUT2D eigenvalue weighted by atomic mass is 32.2. The Morgan fingerprint density at radius 3 is 2.17 bits per heavy atom. The quantitative estimate of drug-likeness (QED) is 0.542. The average molecular weight is 423 g/mol. The Morgan fingerprint density at radius 2 is 1.62 bits per heavy atom. The zero-order valence-corrected chi connectivity index (χ0v) is 17.7. The fourth-order valence-corrected chi connectivity index (χ4v) is 3.22. The molecule has 9 heteroatoms. The highest BCUT2D eigenvalue weighted by molar-refractivity contribution is 7.86. The van der Waals surface area contributed by atoms with Gasteiger partial charge in [0.2, 0.25) is 0 Å². The number of rotatable bonds is 10. The van der Waals surface area contributed by atoms with Gasteiger partial charge in [-0.25, -0.2) is 0 Å². The molecule has 0 saturated heterocycles. The number of hydrogen-bond donors (Lipinski definition) is 0. The van der Waals surface area contributed by atoms with Crippen LogP contribution in [0.15, 0.2) is 42.5 Å². The van der Waals surface area contributed by atoms with Gasteiger partial charge in [0.05, 0.1) is 27.1 Å². The minimum atomic E-state index is -3.65. The number of methoxy groups -OCH3 is 3. The van der Waals surface area contributed by atoms with Gasteiger partial charge in [0.15, 0.2) is 0 Å². The van der Waals surface area contributed by atoms with E-state index in [1.54, 1.807) is 48.4 Å². The van der Waals surface area contributed by atoms with Gasteiger partial charge in [-0.2, -0.15) is 8.42 Å². The lowest BCUT2D eigenvalue weighted by Gasteiger charge is -2.24. The molecule has 8 nitrogen and oxygen atoms in total. The molecule has 0 aliphatic heterocycles. The first-order valence-corrected chi connectivity index (χ1v) is 10.6. The van der Waals surface area contributed by atoms with Crippen molar-refractivity contribution in [1.82, 2.24) is 4.90 Å². The molecule has 158 valence electrons. The Hall–Kier alpha value is -2.78. The van der Waals surface area contributed by atoms with Crippen LogP contribution in [0.1, 0.15) is 15.9 Å². The number of hydrogen-bond acceptors (Lipinski definition) is 7. The summed E-state index contributed by atoms with van der Waals surface area (Å²) in [7, 11) is 0.867. The van der Waals surface area contributed by atoms with Gasteiger partial charge >= 0.3 is 10.1 Å². The van der Waals surface area contributed by atoms with E-state index >= 15 is 0 Å². The molecule has 0 saturated carbocycles. The van der Waals surface area contributed by atoms with Gasteiger partial charge in [-0.1, -0.05) is 18.2 Å². The maximum absolute atomic E-state index is 13.3. The first kappa shape index (κ1) is 22.5. The summed E-state index contributed by atoms with van der Waals surface area (Å²) in [4.78, 5) is 14.9. The molecular weight excluding hydrogens is 398 g/mol. The van der Waals surface area contributed by atoms with Gasteiger partial charge in [0, 0.05) is 20.2 Å². The van der Waals surface area contributed by atoms with Gasteiger partial charge in [-0.3, -0.25) is 4.79 Å². The Labute approximate surface area is 171 Å². The number of benzene rings is 2. The molecule has 0 bridgehead atoms. The molecule has 2 aromatic carbocycles. The van der Waals surface area contributed by atoms with E-state index in [4.69, 9.17) is 18.4 Å². The van der Waals surface area contributed by atoms with Crippen LogP contribution in [0.5, 0.6) is 17.2 Å². The topological polar surface area (TPSA) is 91.4 Å². The van der Waals surface area contributed by atoms with Crippen molar-refractivity contribution < 1.29 is 31.6 Å². The molecule has 1 amide bonds. The number of carbonyl (C=O) groups excluding carboxylic acids is 1. The van der Waals surface area contributed by atoms with Crippen LogP contribution in [-0.2, 0) is 21.4 Å². The zero-order valence-electron chi connectivity index (χ0n) is 16.9. The zero-order chi connectivity index (χ0) is 21.4. The molecule has 0 unspecified atom stereocenters. The molecule has 0 radical (unpaired) electrons. The predicted octanol–water partition coefficient (Wildman–Crippen LogP) is 2.33. The fourth-order valence-electron chi connectivity index (χ4n) is 2.76. The van der Waals surface area contributed by atoms with E-state index in [-0.39, 0.29) is 18.2 Å². The summed E-state index contributed by atoms with van der Waals surface area (Å²) < 4.78 is 43.5. The van der Waals surface area contributed by atoms with Crippen LogP contribution < -0.4 is 13.7 Å². The van der Waals surface area contributed by atoms with Crippen molar-refractivity contribution in [3.63, 3.8) is 0 Å². The Kier molecular flexibility index (Phi) is 7.86. The molecule has 0 heterocycles. The number of nitrogens with zero attached hydrogens (tertiary/aromatic N) is 1. The molecule has 0 atom stereocenters. The van der Waals surface area contributed by atoms with E-state index in [0.717, 1.165) is 6.26 Å². The third-order valence-corrected chi connectivity index (χ3v) is 4.51. The Morgan fingerprint density at radius 1 is 1.00 bits per heavy atom. The standard InChI is InChI=1S/C20H25NO7S/c1-25-12-11-21(14-15-7-5-8-16(13-15)28-29(4,23)24)20(22)19-17(26-2)9-6-10-18(19)27-3/h5-10,13H,11-12,14H2,1-4H3. The van der Waals surface area contributed by atoms with Crippen LogP contribution in [0.2, 0.25) is 0 Å². The molecule has 0 fully saturated rings. The number of ether oxygens (including phenoxy) is 3. The molecule has 0 aliphatic carbocycles. The van der Waals surface area contributed by atoms with Crippen LogP contribution in [0.3, 0.4) is 0 Å². The molecule has 2 aromatic rings. The van der Waals surface area contributed by atoms with E-state index in [1.165, 1.54) is 20.3 Å². The maximum Gasteiger partial charge on any atom is 0.306 e. The van der Waals surface area contributed by atoms with Crippen molar-refractivity contribution >= 4 is 16.0 Å². The van der Waals surface area contributed by atoms with E-state index in [0.29, 0.717) is 35.8 Å². The van der Waals surface area contributed by atoms with E-state index in [1.807, 2.05) is 0 Å². The summed E-state index contributed by atoms with van der Waals surface area (Å²) in [6.45, 7) is 0.848. The highest BCUT2D eigenvalue weighted by Gasteiger charge is 2.24. The SMILES string of the molecule is COCCN(Cc1cccc(OS(C)(=O)=O)c1)C(=O)c1c(OC)cccc1OC. The molecule has 0 N–H and O–H groups in total. The Balaban J connectivity index is 2.36. The van der Waals surface area contributed by atoms with Gasteiger partial charge in [-0.15, -0.1) is 0 Å². The Bertz CT molecular complexity index is 921. The van der Waals surface area contributed by atoms with Crippen molar-refractivity contribution in [2.45, 2.75) is 6.54 Å². The second kappa shape index (κ2) is 10.1. The third-order valence-electron chi connectivity index (χ3n) is 4.01. The minimum Gasteiger partial charge on any atom is -0.496 e. The second-order valence-electron chi connectivity index (χ2n) is 6.19. The van der Waals surface area contributed by atoms with Crippen LogP contribution >= 0.6 is 0 Å². The molecule has 0 spiro atoms. The van der Waals surface area contributed by atoms with Crippen molar-refractivity contribution in [2.24, 2.45) is 0 Å². The molecule has 2 rings (SSSR count). The van der Waals surface area contributed by atoms with Crippen LogP contribution in [0.4, 0.5) is 0 Å². The molecule has 29 heavy (non-hydrogen) atoms. The lowest BCUT2D eigenvalue weighted by Crippen LogP contribution is -2.34. The smallest absolute Gasteiger partial charge is 0.306 e. The second-order valence-corrected chi connectivity index (χ2v) is 7.77. The minimum absolute atomic E-state index is 0.180. The summed E-state index contributed by atoms with van der Waals surface area (Å²) in [5.74, 6) is 0.668. The largest absolute Gasteiger partial charge is 0.496 e. The highest BCUT2D eigenvalue weighted by Crippen LogP contribution is 2.30. The van der Waals surface area contributed by atoms with Crippen molar-refractivity contribution in [3.8, 4) is 17.2 Å². The van der Waals surface area contributed by atoms with Crippen molar-refractivity contribution in [1.29, 1.82) is 0 Å². The van der Waals surface area contributed by atoms with Gasteiger partial charge in [0.1, 0.15) is 22.8 Å². The van der Waals surface area contributed by atoms with Gasteiger partial charge < -0.3 is 23.3 Å².